The first-order chi connectivity index (χ1) is 8.70. The molecule has 0 saturated carbocycles. The highest BCUT2D eigenvalue weighted by atomic mass is 32.2. The molecular weight excluding hydrogens is 250 g/mol. The summed E-state index contributed by atoms with van der Waals surface area (Å²) in [4.78, 5) is 15.5. The zero-order chi connectivity index (χ0) is 13.0. The number of carbonyl (C=O) groups excluding carboxylic acids is 1. The fourth-order valence-electron chi connectivity index (χ4n) is 1.44. The van der Waals surface area contributed by atoms with Crippen molar-refractivity contribution < 1.29 is 13.9 Å². The molecule has 0 aliphatic rings. The summed E-state index contributed by atoms with van der Waals surface area (Å²) in [7, 11) is 1.33. The third kappa shape index (κ3) is 2.92. The SMILES string of the molecule is COC(=O)c1ccc([C@H](C)Sc2ccccn2)o1. The molecule has 0 aliphatic heterocycles. The Morgan fingerprint density at radius 3 is 2.89 bits per heavy atom. The molecule has 0 fully saturated rings. The van der Waals surface area contributed by atoms with Crippen molar-refractivity contribution in [3.05, 3.63) is 48.0 Å². The lowest BCUT2D eigenvalue weighted by molar-refractivity contribution is 0.0563. The summed E-state index contributed by atoms with van der Waals surface area (Å²) in [6, 6.07) is 9.15. The van der Waals surface area contributed by atoms with Gasteiger partial charge in [-0.1, -0.05) is 17.8 Å². The molecule has 4 nitrogen and oxygen atoms in total. The van der Waals surface area contributed by atoms with Crippen molar-refractivity contribution in [2.45, 2.75) is 17.2 Å². The number of rotatable bonds is 4. The first kappa shape index (κ1) is 12.7. The number of carbonyl (C=O) groups is 1. The molecule has 0 aliphatic carbocycles. The summed E-state index contributed by atoms with van der Waals surface area (Å²) in [6.07, 6.45) is 1.75. The minimum absolute atomic E-state index is 0.0818. The fraction of sp³-hybridized carbons (Fsp3) is 0.231. The zero-order valence-electron chi connectivity index (χ0n) is 10.1. The van der Waals surface area contributed by atoms with Crippen molar-refractivity contribution in [1.82, 2.24) is 4.98 Å². The number of hydrogen-bond donors (Lipinski definition) is 0. The van der Waals surface area contributed by atoms with Crippen LogP contribution in [-0.2, 0) is 4.74 Å². The highest BCUT2D eigenvalue weighted by molar-refractivity contribution is 7.99. The van der Waals surface area contributed by atoms with E-state index < -0.39 is 5.97 Å². The van der Waals surface area contributed by atoms with Crippen LogP contribution in [0.3, 0.4) is 0 Å². The molecule has 0 N–H and O–H groups in total. The Balaban J connectivity index is 2.07. The topological polar surface area (TPSA) is 52.3 Å². The van der Waals surface area contributed by atoms with Crippen LogP contribution < -0.4 is 0 Å². The standard InChI is InChI=1S/C13H13NO3S/c1-9(18-12-5-3-4-8-14-12)10-6-7-11(17-10)13(15)16-2/h3-9H,1-2H3/t9-/m0/s1. The molecule has 0 amide bonds. The van der Waals surface area contributed by atoms with Gasteiger partial charge in [-0.3, -0.25) is 0 Å². The Labute approximate surface area is 109 Å². The van der Waals surface area contributed by atoms with Gasteiger partial charge in [-0.15, -0.1) is 0 Å². The number of furan rings is 1. The Bertz CT molecular complexity index is 524. The number of thioether (sulfide) groups is 1. The van der Waals surface area contributed by atoms with Crippen LogP contribution in [0.5, 0.6) is 0 Å². The van der Waals surface area contributed by atoms with Crippen LogP contribution in [-0.4, -0.2) is 18.1 Å². The lowest BCUT2D eigenvalue weighted by Gasteiger charge is -2.06. The number of ether oxygens (including phenoxy) is 1. The molecule has 2 rings (SSSR count). The molecule has 1 atom stereocenters. The van der Waals surface area contributed by atoms with Gasteiger partial charge in [0.2, 0.25) is 5.76 Å². The van der Waals surface area contributed by atoms with Crippen LogP contribution in [0.25, 0.3) is 0 Å². The van der Waals surface area contributed by atoms with Crippen LogP contribution in [0, 0.1) is 0 Å². The number of pyridine rings is 1. The van der Waals surface area contributed by atoms with Crippen molar-refractivity contribution in [1.29, 1.82) is 0 Å². The molecule has 0 saturated heterocycles. The van der Waals surface area contributed by atoms with E-state index in [-0.39, 0.29) is 11.0 Å². The maximum atomic E-state index is 11.3. The van der Waals surface area contributed by atoms with E-state index in [4.69, 9.17) is 4.42 Å². The summed E-state index contributed by atoms with van der Waals surface area (Å²) in [5.41, 5.74) is 0. The quantitative estimate of drug-likeness (QED) is 0.625. The van der Waals surface area contributed by atoms with E-state index in [0.717, 1.165) is 10.8 Å². The normalized spacial score (nSPS) is 12.1. The van der Waals surface area contributed by atoms with E-state index in [1.807, 2.05) is 25.1 Å². The fourth-order valence-corrected chi connectivity index (χ4v) is 2.32. The van der Waals surface area contributed by atoms with Crippen LogP contribution in [0.4, 0.5) is 0 Å². The van der Waals surface area contributed by atoms with E-state index >= 15 is 0 Å². The number of aromatic nitrogens is 1. The third-order valence-corrected chi connectivity index (χ3v) is 3.42. The van der Waals surface area contributed by atoms with Gasteiger partial charge in [0.1, 0.15) is 5.76 Å². The van der Waals surface area contributed by atoms with E-state index in [2.05, 4.69) is 9.72 Å². The summed E-state index contributed by atoms with van der Waals surface area (Å²) in [5, 5.41) is 0.999. The predicted molar refractivity (Wildman–Crippen MR) is 68.6 cm³/mol. The number of hydrogen-bond acceptors (Lipinski definition) is 5. The second-order valence-electron chi connectivity index (χ2n) is 3.62. The van der Waals surface area contributed by atoms with Gasteiger partial charge in [0, 0.05) is 6.20 Å². The predicted octanol–water partition coefficient (Wildman–Crippen LogP) is 3.31. The Kier molecular flexibility index (Phi) is 4.04. The highest BCUT2D eigenvalue weighted by Gasteiger charge is 2.16. The molecular formula is C13H13NO3S. The van der Waals surface area contributed by atoms with Crippen LogP contribution in [0.1, 0.15) is 28.5 Å². The summed E-state index contributed by atoms with van der Waals surface area (Å²) in [6.45, 7) is 2.00. The van der Waals surface area contributed by atoms with Gasteiger partial charge in [-0.25, -0.2) is 9.78 Å². The van der Waals surface area contributed by atoms with Gasteiger partial charge in [-0.2, -0.15) is 0 Å². The van der Waals surface area contributed by atoms with Crippen molar-refractivity contribution in [3.63, 3.8) is 0 Å². The summed E-state index contributed by atoms with van der Waals surface area (Å²) < 4.78 is 10.0. The molecule has 2 aromatic heterocycles. The number of esters is 1. The number of methoxy groups -OCH3 is 1. The minimum atomic E-state index is -0.462. The van der Waals surface area contributed by atoms with E-state index in [1.54, 1.807) is 30.1 Å². The van der Waals surface area contributed by atoms with Gasteiger partial charge in [0.25, 0.3) is 0 Å². The highest BCUT2D eigenvalue weighted by Crippen LogP contribution is 2.34. The minimum Gasteiger partial charge on any atom is -0.463 e. The maximum Gasteiger partial charge on any atom is 0.373 e. The van der Waals surface area contributed by atoms with E-state index in [1.165, 1.54) is 7.11 Å². The lowest BCUT2D eigenvalue weighted by Crippen LogP contribution is -1.98. The van der Waals surface area contributed by atoms with E-state index in [9.17, 15) is 4.79 Å². The molecule has 2 heterocycles. The van der Waals surface area contributed by atoms with Gasteiger partial charge in [0.05, 0.1) is 17.4 Å². The Morgan fingerprint density at radius 2 is 2.22 bits per heavy atom. The van der Waals surface area contributed by atoms with Gasteiger partial charge in [-0.05, 0) is 31.2 Å². The second kappa shape index (κ2) is 5.73. The largest absolute Gasteiger partial charge is 0.463 e. The first-order valence-electron chi connectivity index (χ1n) is 5.46. The first-order valence-corrected chi connectivity index (χ1v) is 6.34. The van der Waals surface area contributed by atoms with Gasteiger partial charge < -0.3 is 9.15 Å². The van der Waals surface area contributed by atoms with Crippen LogP contribution in [0.15, 0.2) is 46.0 Å². The summed E-state index contributed by atoms with van der Waals surface area (Å²) >= 11 is 1.57. The molecule has 94 valence electrons. The maximum absolute atomic E-state index is 11.3. The van der Waals surface area contributed by atoms with Crippen LogP contribution >= 0.6 is 11.8 Å². The average Bonchev–Trinajstić information content (AvgIpc) is 2.88. The average molecular weight is 263 g/mol. The Morgan fingerprint density at radius 1 is 1.39 bits per heavy atom. The molecule has 0 bridgehead atoms. The molecule has 2 aromatic rings. The van der Waals surface area contributed by atoms with Crippen molar-refractivity contribution in [2.24, 2.45) is 0 Å². The van der Waals surface area contributed by atoms with Crippen molar-refractivity contribution >= 4 is 17.7 Å². The summed E-state index contributed by atoms with van der Waals surface area (Å²) in [5.74, 6) is 0.489. The van der Waals surface area contributed by atoms with E-state index in [0.29, 0.717) is 0 Å². The monoisotopic (exact) mass is 263 g/mol. The third-order valence-electron chi connectivity index (χ3n) is 2.35. The number of nitrogens with zero attached hydrogens (tertiary/aromatic N) is 1. The molecule has 0 radical (unpaired) electrons. The Hall–Kier alpha value is -1.75. The lowest BCUT2D eigenvalue weighted by atomic mass is 10.3. The van der Waals surface area contributed by atoms with Crippen LogP contribution in [0.2, 0.25) is 0 Å². The van der Waals surface area contributed by atoms with Crippen molar-refractivity contribution in [2.75, 3.05) is 7.11 Å². The molecule has 0 spiro atoms. The zero-order valence-corrected chi connectivity index (χ0v) is 10.9. The molecule has 0 unspecified atom stereocenters. The molecule has 5 heteroatoms. The van der Waals surface area contributed by atoms with Crippen molar-refractivity contribution in [3.8, 4) is 0 Å². The molecule has 0 aromatic carbocycles. The second-order valence-corrected chi connectivity index (χ2v) is 4.98. The molecule has 18 heavy (non-hydrogen) atoms. The van der Waals surface area contributed by atoms with Gasteiger partial charge >= 0.3 is 5.97 Å². The smallest absolute Gasteiger partial charge is 0.373 e. The van der Waals surface area contributed by atoms with Gasteiger partial charge in [0.15, 0.2) is 0 Å².